The first-order valence-corrected chi connectivity index (χ1v) is 9.13. The van der Waals surface area contributed by atoms with Crippen LogP contribution in [0.2, 0.25) is 0 Å². The van der Waals surface area contributed by atoms with Gasteiger partial charge in [0, 0.05) is 18.3 Å². The molecule has 0 atom stereocenters. The third-order valence-electron chi connectivity index (χ3n) is 3.22. The van der Waals surface area contributed by atoms with Crippen LogP contribution >= 0.6 is 11.8 Å². The molecule has 2 aromatic rings. The fraction of sp³-hybridized carbons (Fsp3) is 0.353. The summed E-state index contributed by atoms with van der Waals surface area (Å²) in [4.78, 5) is 23.9. The zero-order valence-electron chi connectivity index (χ0n) is 14.3. The number of aryl methyl sites for hydroxylation is 1. The summed E-state index contributed by atoms with van der Waals surface area (Å²) in [5, 5.41) is 12.4. The predicted octanol–water partition coefficient (Wildman–Crippen LogP) is 2.40. The molecule has 0 saturated heterocycles. The van der Waals surface area contributed by atoms with Crippen molar-refractivity contribution < 1.29 is 14.1 Å². The minimum atomic E-state index is -0.223. The number of hydrogen-bond acceptors (Lipinski definition) is 6. The van der Waals surface area contributed by atoms with Gasteiger partial charge in [-0.3, -0.25) is 9.59 Å². The Morgan fingerprint density at radius 3 is 2.56 bits per heavy atom. The number of rotatable bonds is 9. The van der Waals surface area contributed by atoms with Crippen LogP contribution in [0.5, 0.6) is 0 Å². The number of carbonyl (C=O) groups excluding carboxylic acids is 2. The van der Waals surface area contributed by atoms with Gasteiger partial charge in [0.1, 0.15) is 5.76 Å². The molecular formula is C17H22N4O3S. The van der Waals surface area contributed by atoms with Gasteiger partial charge in [0.15, 0.2) is 5.82 Å². The maximum Gasteiger partial charge on any atom is 0.235 e. The number of para-hydroxylation sites is 1. The maximum absolute atomic E-state index is 12.1. The van der Waals surface area contributed by atoms with Crippen LogP contribution in [0.25, 0.3) is 0 Å². The lowest BCUT2D eigenvalue weighted by Crippen LogP contribution is -2.20. The SMILES string of the molecule is CCNCc1ccccc1NC(=O)CSCC(=O)Nc1cc(C)on1. The van der Waals surface area contributed by atoms with Gasteiger partial charge in [0.2, 0.25) is 11.8 Å². The molecule has 0 bridgehead atoms. The first kappa shape index (κ1) is 19.0. The molecule has 0 radical (unpaired) electrons. The van der Waals surface area contributed by atoms with E-state index < -0.39 is 0 Å². The van der Waals surface area contributed by atoms with Gasteiger partial charge >= 0.3 is 0 Å². The number of nitrogens with zero attached hydrogens (tertiary/aromatic N) is 1. The summed E-state index contributed by atoms with van der Waals surface area (Å²) >= 11 is 1.24. The highest BCUT2D eigenvalue weighted by Gasteiger charge is 2.10. The quantitative estimate of drug-likeness (QED) is 0.634. The monoisotopic (exact) mass is 362 g/mol. The van der Waals surface area contributed by atoms with Crippen molar-refractivity contribution in [2.45, 2.75) is 20.4 Å². The molecule has 1 aromatic heterocycles. The van der Waals surface area contributed by atoms with E-state index in [1.807, 2.05) is 31.2 Å². The normalized spacial score (nSPS) is 10.5. The van der Waals surface area contributed by atoms with Crippen LogP contribution in [0.1, 0.15) is 18.2 Å². The van der Waals surface area contributed by atoms with Crippen molar-refractivity contribution in [3.05, 3.63) is 41.7 Å². The molecule has 7 nitrogen and oxygen atoms in total. The molecular weight excluding hydrogens is 340 g/mol. The molecule has 0 aliphatic carbocycles. The van der Waals surface area contributed by atoms with Crippen LogP contribution in [-0.2, 0) is 16.1 Å². The summed E-state index contributed by atoms with van der Waals surface area (Å²) in [7, 11) is 0. The number of benzene rings is 1. The van der Waals surface area contributed by atoms with Gasteiger partial charge in [-0.2, -0.15) is 0 Å². The summed E-state index contributed by atoms with van der Waals surface area (Å²) in [6.45, 7) is 5.33. The topological polar surface area (TPSA) is 96.3 Å². The second kappa shape index (κ2) is 9.85. The largest absolute Gasteiger partial charge is 0.360 e. The third kappa shape index (κ3) is 6.60. The number of thioether (sulfide) groups is 1. The Morgan fingerprint density at radius 2 is 1.88 bits per heavy atom. The molecule has 2 rings (SSSR count). The smallest absolute Gasteiger partial charge is 0.235 e. The predicted molar refractivity (Wildman–Crippen MR) is 99.6 cm³/mol. The van der Waals surface area contributed by atoms with Crippen molar-refractivity contribution in [1.82, 2.24) is 10.5 Å². The highest BCUT2D eigenvalue weighted by Crippen LogP contribution is 2.15. The molecule has 0 saturated carbocycles. The average Bonchev–Trinajstić information content (AvgIpc) is 2.99. The van der Waals surface area contributed by atoms with E-state index in [4.69, 9.17) is 4.52 Å². The van der Waals surface area contributed by atoms with E-state index in [1.54, 1.807) is 13.0 Å². The number of amides is 2. The Kier molecular flexibility index (Phi) is 7.49. The van der Waals surface area contributed by atoms with Gasteiger partial charge in [-0.1, -0.05) is 30.3 Å². The standard InChI is InChI=1S/C17H22N4O3S/c1-3-18-9-13-6-4-5-7-14(13)19-16(22)10-25-11-17(23)20-15-8-12(2)24-21-15/h4-8,18H,3,9-11H2,1-2H3,(H,19,22)(H,20,21,23). The third-order valence-corrected chi connectivity index (χ3v) is 4.15. The van der Waals surface area contributed by atoms with E-state index in [-0.39, 0.29) is 23.3 Å². The lowest BCUT2D eigenvalue weighted by Gasteiger charge is -2.11. The summed E-state index contributed by atoms with van der Waals surface area (Å²) < 4.78 is 4.87. The number of aromatic nitrogens is 1. The summed E-state index contributed by atoms with van der Waals surface area (Å²) in [5.41, 5.74) is 1.82. The van der Waals surface area contributed by atoms with E-state index in [2.05, 4.69) is 21.1 Å². The number of carbonyl (C=O) groups is 2. The van der Waals surface area contributed by atoms with Crippen molar-refractivity contribution in [1.29, 1.82) is 0 Å². The van der Waals surface area contributed by atoms with Gasteiger partial charge in [-0.05, 0) is 25.1 Å². The summed E-state index contributed by atoms with van der Waals surface area (Å²) in [5.74, 6) is 1.00. The number of anilines is 2. The van der Waals surface area contributed by atoms with E-state index in [9.17, 15) is 9.59 Å². The second-order valence-corrected chi connectivity index (χ2v) is 6.34. The van der Waals surface area contributed by atoms with Crippen LogP contribution in [0.15, 0.2) is 34.9 Å². The minimum absolute atomic E-state index is 0.140. The molecule has 3 N–H and O–H groups in total. The van der Waals surface area contributed by atoms with E-state index >= 15 is 0 Å². The van der Waals surface area contributed by atoms with Crippen molar-refractivity contribution in [3.8, 4) is 0 Å². The van der Waals surface area contributed by atoms with Gasteiger partial charge in [0.05, 0.1) is 11.5 Å². The van der Waals surface area contributed by atoms with Gasteiger partial charge < -0.3 is 20.5 Å². The van der Waals surface area contributed by atoms with Crippen LogP contribution in [0.3, 0.4) is 0 Å². The van der Waals surface area contributed by atoms with E-state index in [0.717, 1.165) is 17.8 Å². The molecule has 0 aliphatic heterocycles. The number of hydrogen-bond donors (Lipinski definition) is 3. The van der Waals surface area contributed by atoms with Crippen LogP contribution in [0.4, 0.5) is 11.5 Å². The molecule has 1 aromatic carbocycles. The lowest BCUT2D eigenvalue weighted by molar-refractivity contribution is -0.114. The first-order valence-electron chi connectivity index (χ1n) is 7.98. The zero-order valence-corrected chi connectivity index (χ0v) is 15.1. The maximum atomic E-state index is 12.1. The fourth-order valence-electron chi connectivity index (χ4n) is 2.08. The molecule has 8 heteroatoms. The summed E-state index contributed by atoms with van der Waals surface area (Å²) in [6, 6.07) is 9.29. The lowest BCUT2D eigenvalue weighted by atomic mass is 10.1. The summed E-state index contributed by atoms with van der Waals surface area (Å²) in [6.07, 6.45) is 0. The Bertz CT molecular complexity index is 717. The molecule has 1 heterocycles. The zero-order chi connectivity index (χ0) is 18.1. The van der Waals surface area contributed by atoms with Crippen LogP contribution in [-0.4, -0.2) is 35.0 Å². The highest BCUT2D eigenvalue weighted by molar-refractivity contribution is 8.00. The average molecular weight is 362 g/mol. The second-order valence-electron chi connectivity index (χ2n) is 5.35. The first-order chi connectivity index (χ1) is 12.1. The van der Waals surface area contributed by atoms with Crippen molar-refractivity contribution in [2.75, 3.05) is 28.7 Å². The molecule has 0 unspecified atom stereocenters. The van der Waals surface area contributed by atoms with Gasteiger partial charge in [-0.25, -0.2) is 0 Å². The van der Waals surface area contributed by atoms with Crippen molar-refractivity contribution >= 4 is 35.1 Å². The highest BCUT2D eigenvalue weighted by atomic mass is 32.2. The van der Waals surface area contributed by atoms with E-state index in [0.29, 0.717) is 18.1 Å². The molecule has 0 aliphatic rings. The number of nitrogens with one attached hydrogen (secondary N) is 3. The van der Waals surface area contributed by atoms with Crippen LogP contribution in [0, 0.1) is 6.92 Å². The fourth-order valence-corrected chi connectivity index (χ4v) is 2.70. The molecule has 0 spiro atoms. The molecule has 134 valence electrons. The Balaban J connectivity index is 1.74. The molecule has 2 amide bonds. The Hall–Kier alpha value is -2.32. The Morgan fingerprint density at radius 1 is 1.16 bits per heavy atom. The molecule has 0 fully saturated rings. The minimum Gasteiger partial charge on any atom is -0.360 e. The van der Waals surface area contributed by atoms with Gasteiger partial charge in [-0.15, -0.1) is 11.8 Å². The van der Waals surface area contributed by atoms with Gasteiger partial charge in [0.25, 0.3) is 0 Å². The van der Waals surface area contributed by atoms with Crippen molar-refractivity contribution in [2.24, 2.45) is 0 Å². The van der Waals surface area contributed by atoms with Crippen LogP contribution < -0.4 is 16.0 Å². The Labute approximate surface area is 150 Å². The molecule has 25 heavy (non-hydrogen) atoms. The van der Waals surface area contributed by atoms with Crippen molar-refractivity contribution in [3.63, 3.8) is 0 Å². The van der Waals surface area contributed by atoms with E-state index in [1.165, 1.54) is 11.8 Å².